The first-order chi connectivity index (χ1) is 13.3. The zero-order chi connectivity index (χ0) is 18.9. The lowest BCUT2D eigenvalue weighted by Gasteiger charge is -2.29. The van der Waals surface area contributed by atoms with Crippen molar-refractivity contribution in [1.82, 2.24) is 30.3 Å². The van der Waals surface area contributed by atoms with Crippen LogP contribution < -0.4 is 10.6 Å². The molecule has 28 heavy (non-hydrogen) atoms. The third kappa shape index (κ3) is 6.16. The Morgan fingerprint density at radius 3 is 2.57 bits per heavy atom. The highest BCUT2D eigenvalue weighted by Crippen LogP contribution is 2.24. The zero-order valence-corrected chi connectivity index (χ0v) is 19.2. The summed E-state index contributed by atoms with van der Waals surface area (Å²) < 4.78 is 2.02. The number of aryl methyl sites for hydroxylation is 1. The molecule has 8 heteroatoms. The molecule has 2 aromatic rings. The van der Waals surface area contributed by atoms with Crippen LogP contribution in [0.15, 0.2) is 41.7 Å². The van der Waals surface area contributed by atoms with Crippen molar-refractivity contribution in [2.24, 2.45) is 4.99 Å². The van der Waals surface area contributed by atoms with Gasteiger partial charge in [-0.25, -0.2) is 4.99 Å². The van der Waals surface area contributed by atoms with Crippen molar-refractivity contribution in [2.75, 3.05) is 26.2 Å². The highest BCUT2D eigenvalue weighted by molar-refractivity contribution is 14.0. The van der Waals surface area contributed by atoms with Crippen LogP contribution in [-0.4, -0.2) is 51.8 Å². The molecular formula is C20H32IN7. The molecule has 1 atom stereocenters. The van der Waals surface area contributed by atoms with E-state index >= 15 is 0 Å². The maximum atomic E-state index is 4.71. The first kappa shape index (κ1) is 22.6. The summed E-state index contributed by atoms with van der Waals surface area (Å²) in [5.74, 6) is 1.71. The van der Waals surface area contributed by atoms with Gasteiger partial charge < -0.3 is 15.2 Å². The fraction of sp³-hybridized carbons (Fsp3) is 0.550. The molecule has 1 aromatic heterocycles. The van der Waals surface area contributed by atoms with Crippen molar-refractivity contribution in [1.29, 1.82) is 0 Å². The molecule has 0 spiro atoms. The maximum Gasteiger partial charge on any atom is 0.191 e. The second-order valence-corrected chi connectivity index (χ2v) is 6.78. The summed E-state index contributed by atoms with van der Waals surface area (Å²) in [6.45, 7) is 9.52. The average Bonchev–Trinajstić information content (AvgIpc) is 3.39. The number of aromatic nitrogens is 3. The summed E-state index contributed by atoms with van der Waals surface area (Å²) in [5.41, 5.74) is 1.36. The molecular weight excluding hydrogens is 465 g/mol. The van der Waals surface area contributed by atoms with E-state index in [1.54, 1.807) is 6.33 Å². The number of hydrogen-bond donors (Lipinski definition) is 2. The summed E-state index contributed by atoms with van der Waals surface area (Å²) in [5, 5.41) is 15.0. The van der Waals surface area contributed by atoms with Gasteiger partial charge >= 0.3 is 0 Å². The largest absolute Gasteiger partial charge is 0.357 e. The predicted molar refractivity (Wildman–Crippen MR) is 124 cm³/mol. The van der Waals surface area contributed by atoms with Gasteiger partial charge in [-0.1, -0.05) is 30.3 Å². The minimum Gasteiger partial charge on any atom is -0.357 e. The van der Waals surface area contributed by atoms with E-state index in [0.717, 1.165) is 44.5 Å². The zero-order valence-electron chi connectivity index (χ0n) is 16.8. The molecule has 0 saturated carbocycles. The van der Waals surface area contributed by atoms with Crippen LogP contribution in [0, 0.1) is 0 Å². The van der Waals surface area contributed by atoms with Gasteiger partial charge in [0.15, 0.2) is 11.8 Å². The van der Waals surface area contributed by atoms with Gasteiger partial charge in [-0.05, 0) is 45.3 Å². The second-order valence-electron chi connectivity index (χ2n) is 6.78. The molecule has 154 valence electrons. The van der Waals surface area contributed by atoms with E-state index in [2.05, 4.69) is 69.9 Å². The van der Waals surface area contributed by atoms with E-state index in [-0.39, 0.29) is 24.0 Å². The fourth-order valence-corrected chi connectivity index (χ4v) is 3.54. The van der Waals surface area contributed by atoms with Crippen LogP contribution in [0.2, 0.25) is 0 Å². The van der Waals surface area contributed by atoms with Crippen molar-refractivity contribution in [3.05, 3.63) is 48.0 Å². The Balaban J connectivity index is 0.00000280. The molecule has 0 amide bonds. The molecule has 0 bridgehead atoms. The average molecular weight is 497 g/mol. The van der Waals surface area contributed by atoms with E-state index in [1.165, 1.54) is 18.4 Å². The van der Waals surface area contributed by atoms with E-state index in [1.807, 2.05) is 4.57 Å². The van der Waals surface area contributed by atoms with Gasteiger partial charge in [0.25, 0.3) is 0 Å². The van der Waals surface area contributed by atoms with E-state index in [9.17, 15) is 0 Å². The summed E-state index contributed by atoms with van der Waals surface area (Å²) >= 11 is 0. The molecule has 1 unspecified atom stereocenters. The first-order valence-electron chi connectivity index (χ1n) is 9.99. The van der Waals surface area contributed by atoms with E-state index in [4.69, 9.17) is 4.99 Å². The Kier molecular flexibility index (Phi) is 9.69. The highest BCUT2D eigenvalue weighted by atomic mass is 127. The number of halogens is 1. The quantitative estimate of drug-likeness (QED) is 0.334. The Bertz CT molecular complexity index is 710. The number of nitrogens with zero attached hydrogens (tertiary/aromatic N) is 5. The van der Waals surface area contributed by atoms with Gasteiger partial charge in [-0.2, -0.15) is 0 Å². The molecule has 1 aromatic carbocycles. The van der Waals surface area contributed by atoms with Crippen LogP contribution in [-0.2, 0) is 13.1 Å². The molecule has 1 saturated heterocycles. The lowest BCUT2D eigenvalue weighted by molar-refractivity contribution is 0.245. The highest BCUT2D eigenvalue weighted by Gasteiger charge is 2.23. The number of rotatable bonds is 8. The summed E-state index contributed by atoms with van der Waals surface area (Å²) in [4.78, 5) is 7.28. The smallest absolute Gasteiger partial charge is 0.191 e. The number of guanidine groups is 1. The molecule has 3 rings (SSSR count). The number of likely N-dealkylation sites (tertiary alicyclic amines) is 1. The Labute approximate surface area is 185 Å². The third-order valence-corrected chi connectivity index (χ3v) is 4.99. The van der Waals surface area contributed by atoms with Crippen molar-refractivity contribution in [2.45, 2.75) is 45.8 Å². The fourth-order valence-electron chi connectivity index (χ4n) is 3.54. The van der Waals surface area contributed by atoms with Crippen molar-refractivity contribution < 1.29 is 0 Å². The normalized spacial score (nSPS) is 15.9. The van der Waals surface area contributed by atoms with Crippen LogP contribution in [0.3, 0.4) is 0 Å². The molecule has 7 nitrogen and oxygen atoms in total. The topological polar surface area (TPSA) is 70.4 Å². The molecule has 2 N–H and O–H groups in total. The van der Waals surface area contributed by atoms with Crippen LogP contribution in [0.5, 0.6) is 0 Å². The molecule has 1 aliphatic rings. The lowest BCUT2D eigenvalue weighted by atomic mass is 10.1. The number of aliphatic imine (C=N–C) groups is 1. The third-order valence-electron chi connectivity index (χ3n) is 4.99. The molecule has 1 aliphatic heterocycles. The minimum atomic E-state index is 0. The van der Waals surface area contributed by atoms with E-state index < -0.39 is 0 Å². The first-order valence-corrected chi connectivity index (χ1v) is 9.99. The second kappa shape index (κ2) is 12.0. The Morgan fingerprint density at radius 2 is 1.89 bits per heavy atom. The van der Waals surface area contributed by atoms with Crippen LogP contribution in [0.4, 0.5) is 0 Å². The SMILES string of the molecule is CCNC(=NCc1nncn1CC)NCC(c1ccccc1)N1CCCC1.I. The van der Waals surface area contributed by atoms with Gasteiger partial charge in [0.1, 0.15) is 12.9 Å². The summed E-state index contributed by atoms with van der Waals surface area (Å²) in [6.07, 6.45) is 4.32. The van der Waals surface area contributed by atoms with Crippen LogP contribution >= 0.6 is 24.0 Å². The number of hydrogen-bond acceptors (Lipinski definition) is 4. The number of benzene rings is 1. The van der Waals surface area contributed by atoms with Crippen LogP contribution in [0.1, 0.15) is 44.1 Å². The molecule has 2 heterocycles. The summed E-state index contributed by atoms with van der Waals surface area (Å²) in [7, 11) is 0. The van der Waals surface area contributed by atoms with E-state index in [0.29, 0.717) is 12.6 Å². The van der Waals surface area contributed by atoms with Crippen molar-refractivity contribution >= 4 is 29.9 Å². The van der Waals surface area contributed by atoms with Gasteiger partial charge in [0.05, 0.1) is 6.04 Å². The van der Waals surface area contributed by atoms with Crippen molar-refractivity contribution in [3.63, 3.8) is 0 Å². The van der Waals surface area contributed by atoms with Gasteiger partial charge in [-0.3, -0.25) is 4.90 Å². The lowest BCUT2D eigenvalue weighted by Crippen LogP contribution is -2.42. The standard InChI is InChI=1S/C20H31N7.HI/c1-3-21-20(23-15-19-25-24-16-26(19)4-2)22-14-18(27-12-8-9-13-27)17-10-6-5-7-11-17;/h5-7,10-11,16,18H,3-4,8-9,12-15H2,1-2H3,(H2,21,22,23);1H. The van der Waals surface area contributed by atoms with Gasteiger partial charge in [0, 0.05) is 19.6 Å². The molecule has 0 radical (unpaired) electrons. The Hall–Kier alpha value is -1.68. The minimum absolute atomic E-state index is 0. The van der Waals surface area contributed by atoms with Crippen LogP contribution in [0.25, 0.3) is 0 Å². The number of nitrogens with one attached hydrogen (secondary N) is 2. The Morgan fingerprint density at radius 1 is 1.14 bits per heavy atom. The molecule has 0 aliphatic carbocycles. The van der Waals surface area contributed by atoms with Gasteiger partial charge in [0.2, 0.25) is 0 Å². The predicted octanol–water partition coefficient (Wildman–Crippen LogP) is 2.81. The monoisotopic (exact) mass is 497 g/mol. The molecule has 1 fully saturated rings. The van der Waals surface area contributed by atoms with Gasteiger partial charge in [-0.15, -0.1) is 34.2 Å². The van der Waals surface area contributed by atoms with Crippen molar-refractivity contribution in [3.8, 4) is 0 Å². The summed E-state index contributed by atoms with van der Waals surface area (Å²) in [6, 6.07) is 11.1. The maximum absolute atomic E-state index is 4.71.